The lowest BCUT2D eigenvalue weighted by Crippen LogP contribution is -2.29. The summed E-state index contributed by atoms with van der Waals surface area (Å²) >= 11 is 0. The number of para-hydroxylation sites is 1. The van der Waals surface area contributed by atoms with E-state index in [1.807, 2.05) is 6.07 Å². The van der Waals surface area contributed by atoms with Crippen LogP contribution in [0, 0.1) is 17.2 Å². The minimum Gasteiger partial charge on any atom is -0.326 e. The summed E-state index contributed by atoms with van der Waals surface area (Å²) in [5, 5.41) is 3.47. The molecule has 1 heterocycles. The van der Waals surface area contributed by atoms with Crippen LogP contribution in [-0.4, -0.2) is 9.55 Å². The van der Waals surface area contributed by atoms with Gasteiger partial charge in [-0.25, -0.2) is 9.37 Å². The molecule has 0 unspecified atom stereocenters. The molecule has 3 nitrogen and oxygen atoms in total. The van der Waals surface area contributed by atoms with Crippen LogP contribution in [0.1, 0.15) is 58.6 Å². The van der Waals surface area contributed by atoms with Gasteiger partial charge in [-0.3, -0.25) is 0 Å². The first kappa shape index (κ1) is 19.0. The molecule has 0 spiro atoms. The predicted molar refractivity (Wildman–Crippen MR) is 115 cm³/mol. The van der Waals surface area contributed by atoms with E-state index in [2.05, 4.69) is 66.8 Å². The number of aromatic nitrogens is 2. The van der Waals surface area contributed by atoms with Gasteiger partial charge in [0.05, 0.1) is 5.52 Å². The smallest absolute Gasteiger partial charge is 0.208 e. The van der Waals surface area contributed by atoms with Crippen molar-refractivity contribution in [2.45, 2.75) is 59.4 Å². The van der Waals surface area contributed by atoms with Crippen LogP contribution in [0.5, 0.6) is 0 Å². The van der Waals surface area contributed by atoms with Gasteiger partial charge < -0.3 is 9.88 Å². The van der Waals surface area contributed by atoms with Gasteiger partial charge in [0.1, 0.15) is 5.52 Å². The summed E-state index contributed by atoms with van der Waals surface area (Å²) in [7, 11) is 0. The highest BCUT2D eigenvalue weighted by molar-refractivity contribution is 5.80. The highest BCUT2D eigenvalue weighted by atomic mass is 19.1. The number of halogens is 1. The molecule has 1 saturated carbocycles. The van der Waals surface area contributed by atoms with Crippen LogP contribution >= 0.6 is 0 Å². The maximum atomic E-state index is 14.5. The summed E-state index contributed by atoms with van der Waals surface area (Å²) in [6.07, 6.45) is 4.41. The molecule has 0 radical (unpaired) electrons. The van der Waals surface area contributed by atoms with E-state index in [1.165, 1.54) is 18.1 Å². The Morgan fingerprint density at radius 1 is 1.14 bits per heavy atom. The maximum Gasteiger partial charge on any atom is 0.208 e. The van der Waals surface area contributed by atoms with Crippen molar-refractivity contribution in [3.8, 4) is 0 Å². The van der Waals surface area contributed by atoms with Crippen molar-refractivity contribution in [1.29, 1.82) is 0 Å². The number of aryl methyl sites for hydroxylation is 1. The summed E-state index contributed by atoms with van der Waals surface area (Å²) in [6, 6.07) is 14.0. The molecule has 0 saturated heterocycles. The van der Waals surface area contributed by atoms with Crippen molar-refractivity contribution in [3.63, 3.8) is 0 Å². The molecule has 0 bridgehead atoms. The highest BCUT2D eigenvalue weighted by Crippen LogP contribution is 2.46. The number of imidazole rings is 1. The van der Waals surface area contributed by atoms with E-state index in [0.717, 1.165) is 36.4 Å². The molecular formula is C24H30FN3. The van der Waals surface area contributed by atoms with Crippen molar-refractivity contribution < 1.29 is 4.39 Å². The largest absolute Gasteiger partial charge is 0.326 e. The second kappa shape index (κ2) is 7.23. The van der Waals surface area contributed by atoms with Gasteiger partial charge >= 0.3 is 0 Å². The molecule has 0 aliphatic heterocycles. The first-order valence-corrected chi connectivity index (χ1v) is 10.4. The zero-order valence-electron chi connectivity index (χ0n) is 17.3. The minimum absolute atomic E-state index is 0.260. The van der Waals surface area contributed by atoms with E-state index in [-0.39, 0.29) is 11.2 Å². The molecule has 4 rings (SSSR count). The zero-order chi connectivity index (χ0) is 19.9. The average Bonchev–Trinajstić information content (AvgIpc) is 3.00. The zero-order valence-corrected chi connectivity index (χ0v) is 17.3. The summed E-state index contributed by atoms with van der Waals surface area (Å²) in [6.45, 7) is 9.15. The Labute approximate surface area is 167 Å². The number of rotatable bonds is 4. The van der Waals surface area contributed by atoms with E-state index < -0.39 is 0 Å². The molecule has 1 aliphatic rings. The SMILES string of the molecule is CCc1ccc(Nc2nc3c(F)cccc3n2[C@H]2C[C@H](C)CC(C)(C)C2)cc1. The molecule has 1 aliphatic carbocycles. The van der Waals surface area contributed by atoms with Gasteiger partial charge in [0.2, 0.25) is 5.95 Å². The summed E-state index contributed by atoms with van der Waals surface area (Å²) in [4.78, 5) is 4.67. The molecule has 3 aromatic rings. The van der Waals surface area contributed by atoms with Crippen LogP contribution in [0.15, 0.2) is 42.5 Å². The Morgan fingerprint density at radius 2 is 1.89 bits per heavy atom. The molecular weight excluding hydrogens is 349 g/mol. The van der Waals surface area contributed by atoms with Crippen LogP contribution in [0.4, 0.5) is 16.0 Å². The first-order chi connectivity index (χ1) is 13.4. The van der Waals surface area contributed by atoms with E-state index >= 15 is 0 Å². The van der Waals surface area contributed by atoms with Crippen LogP contribution in [0.2, 0.25) is 0 Å². The van der Waals surface area contributed by atoms with Crippen LogP contribution < -0.4 is 5.32 Å². The van der Waals surface area contributed by atoms with Gasteiger partial charge in [-0.15, -0.1) is 0 Å². The second-order valence-electron chi connectivity index (χ2n) is 9.16. The number of hydrogen-bond donors (Lipinski definition) is 1. The Balaban J connectivity index is 1.79. The lowest BCUT2D eigenvalue weighted by molar-refractivity contribution is 0.140. The minimum atomic E-state index is -0.260. The van der Waals surface area contributed by atoms with Crippen molar-refractivity contribution >= 4 is 22.7 Å². The second-order valence-corrected chi connectivity index (χ2v) is 9.16. The molecule has 1 fully saturated rings. The molecule has 148 valence electrons. The lowest BCUT2D eigenvalue weighted by Gasteiger charge is -2.40. The van der Waals surface area contributed by atoms with Crippen molar-refractivity contribution in [1.82, 2.24) is 9.55 Å². The Kier molecular flexibility index (Phi) is 4.90. The third-order valence-corrected chi connectivity index (χ3v) is 6.02. The number of hydrogen-bond acceptors (Lipinski definition) is 2. The fraction of sp³-hybridized carbons (Fsp3) is 0.458. The molecule has 2 aromatic carbocycles. The number of anilines is 2. The standard InChI is InChI=1S/C24H30FN3/c1-5-17-9-11-18(12-10-17)26-23-27-22-20(25)7-6-8-21(22)28(23)19-13-16(2)14-24(3,4)15-19/h6-12,16,19H,5,13-15H2,1-4H3,(H,26,27)/t16-,19-/m0/s1. The molecule has 1 aromatic heterocycles. The monoisotopic (exact) mass is 379 g/mol. The molecule has 4 heteroatoms. The Bertz CT molecular complexity index is 971. The van der Waals surface area contributed by atoms with Gasteiger partial charge in [0.15, 0.2) is 5.82 Å². The van der Waals surface area contributed by atoms with Crippen molar-refractivity contribution in [3.05, 3.63) is 53.8 Å². The fourth-order valence-corrected chi connectivity index (χ4v) is 4.99. The summed E-state index contributed by atoms with van der Waals surface area (Å²) in [5.74, 6) is 1.11. The number of benzene rings is 2. The summed E-state index contributed by atoms with van der Waals surface area (Å²) < 4.78 is 16.7. The molecule has 1 N–H and O–H groups in total. The predicted octanol–water partition coefficient (Wildman–Crippen LogP) is 6.87. The van der Waals surface area contributed by atoms with Gasteiger partial charge in [-0.1, -0.05) is 45.9 Å². The van der Waals surface area contributed by atoms with E-state index in [9.17, 15) is 4.39 Å². The Hall–Kier alpha value is -2.36. The van der Waals surface area contributed by atoms with Crippen LogP contribution in [0.25, 0.3) is 11.0 Å². The molecule has 28 heavy (non-hydrogen) atoms. The van der Waals surface area contributed by atoms with Crippen LogP contribution in [-0.2, 0) is 6.42 Å². The normalized spacial score (nSPS) is 21.8. The van der Waals surface area contributed by atoms with E-state index in [0.29, 0.717) is 17.5 Å². The van der Waals surface area contributed by atoms with Gasteiger partial charge in [0, 0.05) is 11.7 Å². The van der Waals surface area contributed by atoms with Gasteiger partial charge in [0.25, 0.3) is 0 Å². The summed E-state index contributed by atoms with van der Waals surface area (Å²) in [5.41, 5.74) is 3.88. The topological polar surface area (TPSA) is 29.9 Å². The van der Waals surface area contributed by atoms with E-state index in [1.54, 1.807) is 6.07 Å². The molecule has 0 amide bonds. The molecule has 2 atom stereocenters. The van der Waals surface area contributed by atoms with Crippen molar-refractivity contribution in [2.24, 2.45) is 11.3 Å². The van der Waals surface area contributed by atoms with Crippen molar-refractivity contribution in [2.75, 3.05) is 5.32 Å². The average molecular weight is 380 g/mol. The van der Waals surface area contributed by atoms with Crippen LogP contribution in [0.3, 0.4) is 0 Å². The number of fused-ring (bicyclic) bond motifs is 1. The lowest BCUT2D eigenvalue weighted by atomic mass is 9.70. The highest BCUT2D eigenvalue weighted by Gasteiger charge is 2.34. The van der Waals surface area contributed by atoms with Gasteiger partial charge in [-0.2, -0.15) is 0 Å². The third-order valence-electron chi connectivity index (χ3n) is 6.02. The fourth-order valence-electron chi connectivity index (χ4n) is 4.99. The van der Waals surface area contributed by atoms with Gasteiger partial charge in [-0.05, 0) is 66.8 Å². The Morgan fingerprint density at radius 3 is 2.57 bits per heavy atom. The first-order valence-electron chi connectivity index (χ1n) is 10.4. The number of nitrogens with one attached hydrogen (secondary N) is 1. The van der Waals surface area contributed by atoms with E-state index in [4.69, 9.17) is 0 Å². The number of nitrogens with zero attached hydrogens (tertiary/aromatic N) is 2. The maximum absolute atomic E-state index is 14.5. The quantitative estimate of drug-likeness (QED) is 0.536. The third kappa shape index (κ3) is 3.65.